The van der Waals surface area contributed by atoms with Gasteiger partial charge in [-0.05, 0) is 45.1 Å². The Labute approximate surface area is 157 Å². The molecule has 0 saturated carbocycles. The largest absolute Gasteiger partial charge is 0.460 e. The third-order valence-electron chi connectivity index (χ3n) is 3.90. The number of allylic oxidation sites excluding steroid dienone is 1. The molecule has 1 rings (SSSR count). The molecule has 1 aromatic rings. The van der Waals surface area contributed by atoms with E-state index in [0.717, 1.165) is 5.56 Å². The monoisotopic (exact) mass is 360 g/mol. The average Bonchev–Trinajstić information content (AvgIpc) is 2.55. The van der Waals surface area contributed by atoms with Crippen molar-refractivity contribution in [3.8, 4) is 0 Å². The van der Waals surface area contributed by atoms with Crippen LogP contribution >= 0.6 is 0 Å². The molecule has 2 atom stereocenters. The Balaban J connectivity index is 3.04. The standard InChI is InChI=1S/C21H32N2O3/c1-15(2)14-18(19(24)23-22)17(20(25)26-21(3,4)5)13-9-12-16-10-7-6-8-11-16/h6-12,15,17-18H,13-14,22H2,1-5H3,(H,23,24)/t17-,18+/m1/s1. The molecule has 0 aliphatic carbocycles. The third-order valence-corrected chi connectivity index (χ3v) is 3.90. The van der Waals surface area contributed by atoms with E-state index in [9.17, 15) is 9.59 Å². The van der Waals surface area contributed by atoms with Crippen molar-refractivity contribution in [2.75, 3.05) is 0 Å². The van der Waals surface area contributed by atoms with Gasteiger partial charge in [0.1, 0.15) is 5.60 Å². The molecule has 1 aromatic carbocycles. The lowest BCUT2D eigenvalue weighted by Gasteiger charge is -2.28. The van der Waals surface area contributed by atoms with Crippen LogP contribution in [0, 0.1) is 17.8 Å². The fourth-order valence-electron chi connectivity index (χ4n) is 2.79. The van der Waals surface area contributed by atoms with Crippen LogP contribution in [0.1, 0.15) is 53.0 Å². The van der Waals surface area contributed by atoms with Crippen molar-refractivity contribution in [3.05, 3.63) is 42.0 Å². The van der Waals surface area contributed by atoms with Crippen molar-refractivity contribution < 1.29 is 14.3 Å². The molecular weight excluding hydrogens is 328 g/mol. The highest BCUT2D eigenvalue weighted by molar-refractivity contribution is 5.85. The zero-order chi connectivity index (χ0) is 19.7. The van der Waals surface area contributed by atoms with Crippen LogP contribution < -0.4 is 11.3 Å². The molecule has 0 saturated heterocycles. The number of carbonyl (C=O) groups excluding carboxylic acids is 2. The second-order valence-electron chi connectivity index (χ2n) is 7.93. The number of esters is 1. The number of nitrogens with two attached hydrogens (primary N) is 1. The minimum atomic E-state index is -0.611. The van der Waals surface area contributed by atoms with Gasteiger partial charge in [-0.25, -0.2) is 5.84 Å². The molecule has 0 bridgehead atoms. The van der Waals surface area contributed by atoms with Crippen LogP contribution in [0.2, 0.25) is 0 Å². The highest BCUT2D eigenvalue weighted by atomic mass is 16.6. The van der Waals surface area contributed by atoms with Gasteiger partial charge in [0.05, 0.1) is 11.8 Å². The smallest absolute Gasteiger partial charge is 0.310 e. The summed E-state index contributed by atoms with van der Waals surface area (Å²) in [7, 11) is 0. The molecule has 0 aromatic heterocycles. The molecule has 3 N–H and O–H groups in total. The number of benzene rings is 1. The molecule has 144 valence electrons. The highest BCUT2D eigenvalue weighted by Crippen LogP contribution is 2.27. The Morgan fingerprint density at radius 2 is 1.77 bits per heavy atom. The number of nitrogens with one attached hydrogen (secondary N) is 1. The fourth-order valence-corrected chi connectivity index (χ4v) is 2.79. The maximum Gasteiger partial charge on any atom is 0.310 e. The summed E-state index contributed by atoms with van der Waals surface area (Å²) in [5.74, 6) is 3.80. The van der Waals surface area contributed by atoms with Crippen LogP contribution in [0.15, 0.2) is 36.4 Å². The minimum Gasteiger partial charge on any atom is -0.460 e. The average molecular weight is 360 g/mol. The molecule has 0 radical (unpaired) electrons. The van der Waals surface area contributed by atoms with Crippen LogP contribution in [-0.4, -0.2) is 17.5 Å². The van der Waals surface area contributed by atoms with Crippen LogP contribution in [0.5, 0.6) is 0 Å². The summed E-state index contributed by atoms with van der Waals surface area (Å²) in [5, 5.41) is 0. The van der Waals surface area contributed by atoms with Gasteiger partial charge in [0.25, 0.3) is 0 Å². The Hall–Kier alpha value is -2.14. The number of carbonyl (C=O) groups is 2. The van der Waals surface area contributed by atoms with Gasteiger partial charge in [0.15, 0.2) is 0 Å². The summed E-state index contributed by atoms with van der Waals surface area (Å²) in [4.78, 5) is 25.1. The van der Waals surface area contributed by atoms with E-state index in [4.69, 9.17) is 10.6 Å². The van der Waals surface area contributed by atoms with Gasteiger partial charge in [-0.15, -0.1) is 0 Å². The molecule has 5 heteroatoms. The van der Waals surface area contributed by atoms with Crippen LogP contribution in [0.25, 0.3) is 6.08 Å². The summed E-state index contributed by atoms with van der Waals surface area (Å²) in [6.07, 6.45) is 4.84. The molecule has 0 spiro atoms. The van der Waals surface area contributed by atoms with Gasteiger partial charge in [0, 0.05) is 0 Å². The molecule has 0 heterocycles. The number of amides is 1. The van der Waals surface area contributed by atoms with Crippen LogP contribution in [-0.2, 0) is 14.3 Å². The Kier molecular flexibility index (Phi) is 8.52. The van der Waals surface area contributed by atoms with E-state index in [0.29, 0.717) is 12.8 Å². The van der Waals surface area contributed by atoms with Gasteiger partial charge in [-0.3, -0.25) is 15.0 Å². The van der Waals surface area contributed by atoms with E-state index in [2.05, 4.69) is 5.43 Å². The van der Waals surface area contributed by atoms with E-state index in [-0.39, 0.29) is 17.8 Å². The van der Waals surface area contributed by atoms with Crippen molar-refractivity contribution in [1.29, 1.82) is 0 Å². The summed E-state index contributed by atoms with van der Waals surface area (Å²) in [5.41, 5.74) is 2.64. The lowest BCUT2D eigenvalue weighted by atomic mass is 9.82. The first-order chi connectivity index (χ1) is 12.1. The number of hydrogen-bond acceptors (Lipinski definition) is 4. The van der Waals surface area contributed by atoms with Crippen molar-refractivity contribution in [2.24, 2.45) is 23.6 Å². The minimum absolute atomic E-state index is 0.250. The summed E-state index contributed by atoms with van der Waals surface area (Å²) >= 11 is 0. The Morgan fingerprint density at radius 1 is 1.15 bits per heavy atom. The third kappa shape index (κ3) is 7.83. The maximum absolute atomic E-state index is 12.8. The lowest BCUT2D eigenvalue weighted by molar-refractivity contribution is -0.164. The predicted octanol–water partition coefficient (Wildman–Crippen LogP) is 3.70. The number of hydrogen-bond donors (Lipinski definition) is 2. The Bertz CT molecular complexity index is 603. The van der Waals surface area contributed by atoms with Crippen molar-refractivity contribution >= 4 is 18.0 Å². The first kappa shape index (κ1) is 21.9. The van der Waals surface area contributed by atoms with Gasteiger partial charge in [-0.2, -0.15) is 0 Å². The normalized spacial score (nSPS) is 14.3. The lowest BCUT2D eigenvalue weighted by Crippen LogP contribution is -2.43. The van der Waals surface area contributed by atoms with E-state index in [1.165, 1.54) is 0 Å². The molecule has 26 heavy (non-hydrogen) atoms. The number of rotatable bonds is 8. The topological polar surface area (TPSA) is 81.4 Å². The van der Waals surface area contributed by atoms with Crippen molar-refractivity contribution in [3.63, 3.8) is 0 Å². The first-order valence-electron chi connectivity index (χ1n) is 9.09. The van der Waals surface area contributed by atoms with Gasteiger partial charge in [0.2, 0.25) is 5.91 Å². The molecule has 0 aliphatic rings. The molecule has 0 unspecified atom stereocenters. The fraction of sp³-hybridized carbons (Fsp3) is 0.524. The number of ether oxygens (including phenoxy) is 1. The maximum atomic E-state index is 12.8. The number of hydrazine groups is 1. The quantitative estimate of drug-likeness (QED) is 0.320. The van der Waals surface area contributed by atoms with Crippen LogP contribution in [0.3, 0.4) is 0 Å². The molecule has 1 amide bonds. The van der Waals surface area contributed by atoms with Gasteiger partial charge >= 0.3 is 5.97 Å². The second-order valence-corrected chi connectivity index (χ2v) is 7.93. The van der Waals surface area contributed by atoms with E-state index in [1.54, 1.807) is 0 Å². The zero-order valence-corrected chi connectivity index (χ0v) is 16.5. The van der Waals surface area contributed by atoms with E-state index in [1.807, 2.05) is 77.1 Å². The summed E-state index contributed by atoms with van der Waals surface area (Å²) in [6, 6.07) is 9.82. The zero-order valence-electron chi connectivity index (χ0n) is 16.5. The second kappa shape index (κ2) is 10.1. The first-order valence-corrected chi connectivity index (χ1v) is 9.09. The summed E-state index contributed by atoms with van der Waals surface area (Å²) in [6.45, 7) is 9.50. The SMILES string of the molecule is CC(C)C[C@H](C(=O)NN)[C@@H](CC=Cc1ccccc1)C(=O)OC(C)(C)C. The predicted molar refractivity (Wildman–Crippen MR) is 105 cm³/mol. The highest BCUT2D eigenvalue weighted by Gasteiger charge is 2.35. The van der Waals surface area contributed by atoms with E-state index >= 15 is 0 Å². The Morgan fingerprint density at radius 3 is 2.27 bits per heavy atom. The van der Waals surface area contributed by atoms with Gasteiger partial charge < -0.3 is 4.74 Å². The summed E-state index contributed by atoms with van der Waals surface area (Å²) < 4.78 is 5.57. The van der Waals surface area contributed by atoms with Crippen molar-refractivity contribution in [1.82, 2.24) is 5.43 Å². The van der Waals surface area contributed by atoms with Gasteiger partial charge in [-0.1, -0.05) is 56.3 Å². The molecule has 0 aliphatic heterocycles. The van der Waals surface area contributed by atoms with E-state index < -0.39 is 17.4 Å². The van der Waals surface area contributed by atoms with Crippen molar-refractivity contribution in [2.45, 2.75) is 53.1 Å². The molecule has 0 fully saturated rings. The molecular formula is C21H32N2O3. The van der Waals surface area contributed by atoms with Crippen LogP contribution in [0.4, 0.5) is 0 Å². The molecule has 5 nitrogen and oxygen atoms in total.